The molecule has 92 valence electrons. The van der Waals surface area contributed by atoms with Crippen molar-refractivity contribution in [3.63, 3.8) is 0 Å². The van der Waals surface area contributed by atoms with E-state index in [9.17, 15) is 9.59 Å². The van der Waals surface area contributed by atoms with Gasteiger partial charge in [-0.2, -0.15) is 11.8 Å². The molecule has 1 saturated heterocycles. The van der Waals surface area contributed by atoms with E-state index in [1.807, 2.05) is 11.8 Å². The molecule has 5 heteroatoms. The molecule has 0 spiro atoms. The minimum absolute atomic E-state index is 0.0209. The molecule has 0 aromatic rings. The lowest BCUT2D eigenvalue weighted by Gasteiger charge is -2.21. The van der Waals surface area contributed by atoms with Gasteiger partial charge in [-0.3, -0.25) is 9.59 Å². The standard InChI is InChI=1S/C11H19NO3S/c13-10(5-3-6-11(14)15)12-8-9-4-1-2-7-16-9/h9H,1-8H2,(H,12,13)(H,14,15). The number of nitrogens with one attached hydrogen (secondary N) is 1. The summed E-state index contributed by atoms with van der Waals surface area (Å²) in [6.45, 7) is 0.733. The van der Waals surface area contributed by atoms with Crippen LogP contribution in [0.3, 0.4) is 0 Å². The van der Waals surface area contributed by atoms with Gasteiger partial charge in [0, 0.05) is 24.6 Å². The molecule has 1 amide bonds. The average Bonchev–Trinajstić information content (AvgIpc) is 2.27. The lowest BCUT2D eigenvalue weighted by Crippen LogP contribution is -2.31. The predicted molar refractivity (Wildman–Crippen MR) is 64.6 cm³/mol. The molecule has 2 N–H and O–H groups in total. The van der Waals surface area contributed by atoms with Gasteiger partial charge < -0.3 is 10.4 Å². The maximum absolute atomic E-state index is 11.4. The molecule has 1 aliphatic heterocycles. The van der Waals surface area contributed by atoms with Crippen LogP contribution in [0.15, 0.2) is 0 Å². The molecule has 1 aliphatic rings. The summed E-state index contributed by atoms with van der Waals surface area (Å²) in [7, 11) is 0. The Morgan fingerprint density at radius 3 is 2.75 bits per heavy atom. The van der Waals surface area contributed by atoms with Crippen molar-refractivity contribution >= 4 is 23.6 Å². The molecule has 1 unspecified atom stereocenters. The third-order valence-electron chi connectivity index (χ3n) is 2.60. The van der Waals surface area contributed by atoms with Gasteiger partial charge in [-0.15, -0.1) is 0 Å². The first-order chi connectivity index (χ1) is 7.68. The van der Waals surface area contributed by atoms with Crippen LogP contribution in [0.5, 0.6) is 0 Å². The largest absolute Gasteiger partial charge is 0.481 e. The van der Waals surface area contributed by atoms with E-state index in [0.717, 1.165) is 6.54 Å². The quantitative estimate of drug-likeness (QED) is 0.746. The van der Waals surface area contributed by atoms with Gasteiger partial charge in [-0.25, -0.2) is 0 Å². The first-order valence-corrected chi connectivity index (χ1v) is 6.83. The summed E-state index contributed by atoms with van der Waals surface area (Å²) in [5.41, 5.74) is 0. The normalized spacial score (nSPS) is 20.4. The Labute approximate surface area is 100 Å². The molecule has 1 heterocycles. The van der Waals surface area contributed by atoms with Crippen molar-refractivity contribution in [2.45, 2.75) is 43.8 Å². The van der Waals surface area contributed by atoms with E-state index in [1.165, 1.54) is 25.0 Å². The second kappa shape index (κ2) is 7.54. The number of carboxylic acid groups (broad SMARTS) is 1. The van der Waals surface area contributed by atoms with Gasteiger partial charge in [0.2, 0.25) is 5.91 Å². The van der Waals surface area contributed by atoms with Gasteiger partial charge in [-0.05, 0) is 25.0 Å². The zero-order chi connectivity index (χ0) is 11.8. The fraction of sp³-hybridized carbons (Fsp3) is 0.818. The highest BCUT2D eigenvalue weighted by Crippen LogP contribution is 2.24. The number of carboxylic acids is 1. The molecule has 0 bridgehead atoms. The first kappa shape index (κ1) is 13.4. The van der Waals surface area contributed by atoms with Gasteiger partial charge in [-0.1, -0.05) is 6.42 Å². The number of amides is 1. The molecule has 0 radical (unpaired) electrons. The fourth-order valence-electron chi connectivity index (χ4n) is 1.68. The van der Waals surface area contributed by atoms with Crippen LogP contribution in [0.2, 0.25) is 0 Å². The third kappa shape index (κ3) is 6.00. The topological polar surface area (TPSA) is 66.4 Å². The molecule has 0 aromatic heterocycles. The van der Waals surface area contributed by atoms with Crippen LogP contribution in [0, 0.1) is 0 Å². The zero-order valence-corrected chi connectivity index (χ0v) is 10.2. The van der Waals surface area contributed by atoms with Crippen molar-refractivity contribution in [2.75, 3.05) is 12.3 Å². The van der Waals surface area contributed by atoms with Gasteiger partial charge >= 0.3 is 5.97 Å². The zero-order valence-electron chi connectivity index (χ0n) is 9.41. The predicted octanol–water partition coefficient (Wildman–Crippen LogP) is 1.64. The molecule has 1 rings (SSSR count). The van der Waals surface area contributed by atoms with Crippen molar-refractivity contribution in [1.29, 1.82) is 0 Å². The molecule has 1 fully saturated rings. The van der Waals surface area contributed by atoms with Crippen LogP contribution in [0.4, 0.5) is 0 Å². The van der Waals surface area contributed by atoms with Gasteiger partial charge in [0.15, 0.2) is 0 Å². The lowest BCUT2D eigenvalue weighted by atomic mass is 10.2. The van der Waals surface area contributed by atoms with Gasteiger partial charge in [0.05, 0.1) is 0 Å². The minimum Gasteiger partial charge on any atom is -0.481 e. The SMILES string of the molecule is O=C(O)CCCC(=O)NCC1CCCCS1. The number of aliphatic carboxylic acids is 1. The Kier molecular flexibility index (Phi) is 6.30. The van der Waals surface area contributed by atoms with Crippen molar-refractivity contribution in [3.8, 4) is 0 Å². The van der Waals surface area contributed by atoms with Crippen molar-refractivity contribution < 1.29 is 14.7 Å². The van der Waals surface area contributed by atoms with Crippen molar-refractivity contribution in [1.82, 2.24) is 5.32 Å². The van der Waals surface area contributed by atoms with E-state index >= 15 is 0 Å². The maximum atomic E-state index is 11.4. The summed E-state index contributed by atoms with van der Waals surface area (Å²) in [6, 6.07) is 0. The van der Waals surface area contributed by atoms with Crippen molar-refractivity contribution in [2.24, 2.45) is 0 Å². The number of carbonyl (C=O) groups excluding carboxylic acids is 1. The third-order valence-corrected chi connectivity index (χ3v) is 3.99. The molecule has 0 aromatic carbocycles. The Morgan fingerprint density at radius 2 is 2.12 bits per heavy atom. The van der Waals surface area contributed by atoms with E-state index in [4.69, 9.17) is 5.11 Å². The van der Waals surface area contributed by atoms with Crippen LogP contribution in [-0.2, 0) is 9.59 Å². The summed E-state index contributed by atoms with van der Waals surface area (Å²) in [5.74, 6) is 0.336. The molecular weight excluding hydrogens is 226 g/mol. The highest BCUT2D eigenvalue weighted by molar-refractivity contribution is 7.99. The van der Waals surface area contributed by atoms with E-state index < -0.39 is 5.97 Å². The summed E-state index contributed by atoms with van der Waals surface area (Å²) < 4.78 is 0. The van der Waals surface area contributed by atoms with Crippen LogP contribution in [0.1, 0.15) is 38.5 Å². The monoisotopic (exact) mass is 245 g/mol. The Bertz CT molecular complexity index is 239. The van der Waals surface area contributed by atoms with Crippen LogP contribution < -0.4 is 5.32 Å². The smallest absolute Gasteiger partial charge is 0.303 e. The number of rotatable bonds is 6. The second-order valence-corrected chi connectivity index (χ2v) is 5.45. The molecule has 0 saturated carbocycles. The molecule has 16 heavy (non-hydrogen) atoms. The number of hydrogen-bond acceptors (Lipinski definition) is 3. The number of thioether (sulfide) groups is 1. The van der Waals surface area contributed by atoms with Crippen LogP contribution >= 0.6 is 11.8 Å². The molecule has 1 atom stereocenters. The number of hydrogen-bond donors (Lipinski definition) is 2. The molecular formula is C11H19NO3S. The van der Waals surface area contributed by atoms with E-state index in [0.29, 0.717) is 18.1 Å². The maximum Gasteiger partial charge on any atom is 0.303 e. The van der Waals surface area contributed by atoms with E-state index in [2.05, 4.69) is 5.32 Å². The lowest BCUT2D eigenvalue weighted by molar-refractivity contribution is -0.137. The van der Waals surface area contributed by atoms with Crippen LogP contribution in [-0.4, -0.2) is 34.5 Å². The summed E-state index contributed by atoms with van der Waals surface area (Å²) in [6.07, 6.45) is 4.55. The summed E-state index contributed by atoms with van der Waals surface area (Å²) >= 11 is 1.93. The van der Waals surface area contributed by atoms with Gasteiger partial charge in [0.25, 0.3) is 0 Å². The van der Waals surface area contributed by atoms with Gasteiger partial charge in [0.1, 0.15) is 0 Å². The first-order valence-electron chi connectivity index (χ1n) is 5.78. The van der Waals surface area contributed by atoms with Crippen LogP contribution in [0.25, 0.3) is 0 Å². The molecule has 0 aliphatic carbocycles. The Morgan fingerprint density at radius 1 is 1.31 bits per heavy atom. The summed E-state index contributed by atoms with van der Waals surface area (Å²) in [5, 5.41) is 11.9. The highest BCUT2D eigenvalue weighted by Gasteiger charge is 2.14. The average molecular weight is 245 g/mol. The summed E-state index contributed by atoms with van der Waals surface area (Å²) in [4.78, 5) is 21.6. The fourth-order valence-corrected chi connectivity index (χ4v) is 2.92. The highest BCUT2D eigenvalue weighted by atomic mass is 32.2. The van der Waals surface area contributed by atoms with Crippen molar-refractivity contribution in [3.05, 3.63) is 0 Å². The minimum atomic E-state index is -0.837. The van der Waals surface area contributed by atoms with E-state index in [-0.39, 0.29) is 12.3 Å². The van der Waals surface area contributed by atoms with E-state index in [1.54, 1.807) is 0 Å². The second-order valence-electron chi connectivity index (χ2n) is 4.04. The molecule has 4 nitrogen and oxygen atoms in total. The Balaban J connectivity index is 2.02. The number of carbonyl (C=O) groups is 2. The Hall–Kier alpha value is -0.710.